The zero-order chi connectivity index (χ0) is 11.1. The molecule has 3 N–H and O–H groups in total. The van der Waals surface area contributed by atoms with E-state index in [0.717, 1.165) is 0 Å². The molecule has 5 nitrogen and oxygen atoms in total. The molecule has 0 radical (unpaired) electrons. The first-order valence-electron chi connectivity index (χ1n) is 4.68. The van der Waals surface area contributed by atoms with Crippen LogP contribution in [0.5, 0.6) is 0 Å². The molecule has 0 bridgehead atoms. The fourth-order valence-corrected chi connectivity index (χ4v) is 1.03. The summed E-state index contributed by atoms with van der Waals surface area (Å²) in [4.78, 5) is 4.10. The highest BCUT2D eigenvalue weighted by Gasteiger charge is 2.04. The maximum Gasteiger partial charge on any atom is 0.261 e. The number of alkyl halides is 2. The topological polar surface area (TPSA) is 76.8 Å². The van der Waals surface area contributed by atoms with Crippen molar-refractivity contribution in [3.05, 3.63) is 11.6 Å². The molecule has 1 aromatic rings. The number of nitrogens with two attached hydrogens (primary N) is 1. The number of aromatic nitrogens is 3. The number of halogens is 2. The minimum atomic E-state index is -2.43. The molecule has 0 spiro atoms. The van der Waals surface area contributed by atoms with E-state index in [2.05, 4.69) is 15.2 Å². The maximum absolute atomic E-state index is 11.7. The second-order valence-corrected chi connectivity index (χ2v) is 2.95. The van der Waals surface area contributed by atoms with Crippen molar-refractivity contribution < 1.29 is 13.5 Å². The first-order valence-corrected chi connectivity index (χ1v) is 4.68. The van der Waals surface area contributed by atoms with Gasteiger partial charge in [-0.25, -0.2) is 13.8 Å². The Balaban J connectivity index is 2.19. The molecule has 0 unspecified atom stereocenters. The van der Waals surface area contributed by atoms with E-state index in [9.17, 15) is 8.78 Å². The van der Waals surface area contributed by atoms with Crippen molar-refractivity contribution in [2.24, 2.45) is 5.73 Å². The molecule has 1 rings (SSSR count). The number of ether oxygens (including phenoxy) is 1. The largest absolute Gasteiger partial charge is 0.375 e. The van der Waals surface area contributed by atoms with Crippen molar-refractivity contribution in [2.45, 2.75) is 19.3 Å². The minimum absolute atomic E-state index is 0.199. The molecule has 0 saturated heterocycles. The lowest BCUT2D eigenvalue weighted by atomic mass is 10.4. The van der Waals surface area contributed by atoms with Crippen molar-refractivity contribution >= 4 is 0 Å². The normalized spacial score (nSPS) is 11.2. The van der Waals surface area contributed by atoms with Gasteiger partial charge in [0.05, 0.1) is 6.61 Å². The Morgan fingerprint density at radius 2 is 2.20 bits per heavy atom. The average molecular weight is 220 g/mol. The average Bonchev–Trinajstić information content (AvgIpc) is 2.61. The monoisotopic (exact) mass is 220 g/mol. The first kappa shape index (κ1) is 12.0. The van der Waals surface area contributed by atoms with Crippen molar-refractivity contribution in [1.29, 1.82) is 0 Å². The molecule has 0 saturated carbocycles. The Hall–Kier alpha value is -1.08. The first-order chi connectivity index (χ1) is 7.22. The van der Waals surface area contributed by atoms with E-state index in [4.69, 9.17) is 10.5 Å². The second-order valence-electron chi connectivity index (χ2n) is 2.95. The third-order valence-corrected chi connectivity index (χ3v) is 1.67. The van der Waals surface area contributed by atoms with E-state index >= 15 is 0 Å². The number of hydrogen-bond donors (Lipinski definition) is 2. The van der Waals surface area contributed by atoms with E-state index in [1.54, 1.807) is 0 Å². The number of nitrogens with zero attached hydrogens (tertiary/aromatic N) is 2. The molecule has 86 valence electrons. The van der Waals surface area contributed by atoms with Gasteiger partial charge in [0.2, 0.25) is 0 Å². The fraction of sp³-hybridized carbons (Fsp3) is 0.750. The number of aromatic amines is 1. The summed E-state index contributed by atoms with van der Waals surface area (Å²) in [5.41, 5.74) is 5.33. The zero-order valence-corrected chi connectivity index (χ0v) is 8.25. The van der Waals surface area contributed by atoms with Gasteiger partial charge in [-0.15, -0.1) is 0 Å². The van der Waals surface area contributed by atoms with Gasteiger partial charge in [0.1, 0.15) is 12.4 Å². The Labute approximate surface area is 86.0 Å². The molecule has 7 heteroatoms. The molecule has 0 aliphatic heterocycles. The van der Waals surface area contributed by atoms with Crippen LogP contribution in [0.2, 0.25) is 0 Å². The van der Waals surface area contributed by atoms with Crippen molar-refractivity contribution in [2.75, 3.05) is 19.8 Å². The van der Waals surface area contributed by atoms with Gasteiger partial charge in [-0.05, 0) is 6.54 Å². The van der Waals surface area contributed by atoms with E-state index in [0.29, 0.717) is 31.0 Å². The lowest BCUT2D eigenvalue weighted by Crippen LogP contribution is -2.08. The van der Waals surface area contributed by atoms with Crippen molar-refractivity contribution in [3.63, 3.8) is 0 Å². The molecular formula is C8H14F2N4O. The summed E-state index contributed by atoms with van der Waals surface area (Å²) in [5.74, 6) is 1.27. The van der Waals surface area contributed by atoms with Gasteiger partial charge < -0.3 is 10.5 Å². The summed E-state index contributed by atoms with van der Waals surface area (Å²) < 4.78 is 28.1. The highest BCUT2D eigenvalue weighted by molar-refractivity contribution is 4.90. The molecule has 0 aliphatic rings. The van der Waals surface area contributed by atoms with E-state index in [-0.39, 0.29) is 6.61 Å². The Morgan fingerprint density at radius 1 is 1.40 bits per heavy atom. The van der Waals surface area contributed by atoms with Crippen LogP contribution in [0, 0.1) is 0 Å². The molecule has 0 aliphatic carbocycles. The van der Waals surface area contributed by atoms with Crippen molar-refractivity contribution in [1.82, 2.24) is 15.2 Å². The van der Waals surface area contributed by atoms with E-state index < -0.39 is 13.0 Å². The molecule has 1 aromatic heterocycles. The van der Waals surface area contributed by atoms with Crippen LogP contribution in [-0.2, 0) is 17.6 Å². The number of nitrogens with one attached hydrogen (secondary N) is 1. The van der Waals surface area contributed by atoms with Gasteiger partial charge in [-0.2, -0.15) is 5.10 Å². The van der Waals surface area contributed by atoms with Crippen LogP contribution < -0.4 is 5.73 Å². The molecule has 1 heterocycles. The van der Waals surface area contributed by atoms with Gasteiger partial charge in [0, 0.05) is 12.8 Å². The van der Waals surface area contributed by atoms with Gasteiger partial charge >= 0.3 is 0 Å². The molecule has 0 aromatic carbocycles. The van der Waals surface area contributed by atoms with Crippen LogP contribution in [0.15, 0.2) is 0 Å². The third-order valence-electron chi connectivity index (χ3n) is 1.67. The molecule has 0 atom stereocenters. The number of H-pyrrole nitrogens is 1. The lowest BCUT2D eigenvalue weighted by molar-refractivity contribution is 0.0183. The second kappa shape index (κ2) is 6.41. The predicted molar refractivity (Wildman–Crippen MR) is 49.7 cm³/mol. The summed E-state index contributed by atoms with van der Waals surface area (Å²) in [5, 5.41) is 6.60. The summed E-state index contributed by atoms with van der Waals surface area (Å²) in [6.07, 6.45) is -1.37. The quantitative estimate of drug-likeness (QED) is 0.640. The smallest absolute Gasteiger partial charge is 0.261 e. The summed E-state index contributed by atoms with van der Waals surface area (Å²) in [6, 6.07) is 0. The van der Waals surface area contributed by atoms with E-state index in [1.165, 1.54) is 0 Å². The van der Waals surface area contributed by atoms with E-state index in [1.807, 2.05) is 0 Å². The fourth-order valence-electron chi connectivity index (χ4n) is 1.03. The molecular weight excluding hydrogens is 206 g/mol. The molecule has 0 amide bonds. The minimum Gasteiger partial charge on any atom is -0.375 e. The molecule has 15 heavy (non-hydrogen) atoms. The Bertz CT molecular complexity index is 279. The van der Waals surface area contributed by atoms with Crippen LogP contribution in [0.1, 0.15) is 11.6 Å². The van der Waals surface area contributed by atoms with Gasteiger partial charge in [0.25, 0.3) is 6.43 Å². The summed E-state index contributed by atoms with van der Waals surface area (Å²) in [6.45, 7) is 0.154. The van der Waals surface area contributed by atoms with Crippen LogP contribution in [-0.4, -0.2) is 41.4 Å². The lowest BCUT2D eigenvalue weighted by Gasteiger charge is -2.00. The predicted octanol–water partition coefficient (Wildman–Crippen LogP) is 0.130. The van der Waals surface area contributed by atoms with Crippen molar-refractivity contribution in [3.8, 4) is 0 Å². The van der Waals surface area contributed by atoms with Crippen LogP contribution in [0.3, 0.4) is 0 Å². The number of rotatable bonds is 7. The summed E-state index contributed by atoms with van der Waals surface area (Å²) >= 11 is 0. The van der Waals surface area contributed by atoms with Gasteiger partial charge in [-0.1, -0.05) is 0 Å². The van der Waals surface area contributed by atoms with Crippen LogP contribution in [0.4, 0.5) is 8.78 Å². The van der Waals surface area contributed by atoms with Gasteiger partial charge in [-0.3, -0.25) is 5.10 Å². The Morgan fingerprint density at radius 3 is 2.87 bits per heavy atom. The van der Waals surface area contributed by atoms with Crippen LogP contribution >= 0.6 is 0 Å². The third kappa shape index (κ3) is 4.80. The standard InChI is InChI=1S/C8H14F2N4O/c9-6(10)5-15-4-2-8-12-7(1-3-11)13-14-8/h6H,1-5,11H2,(H,12,13,14). The highest BCUT2D eigenvalue weighted by atomic mass is 19.3. The highest BCUT2D eigenvalue weighted by Crippen LogP contribution is 1.97. The number of hydrogen-bond acceptors (Lipinski definition) is 4. The maximum atomic E-state index is 11.7. The SMILES string of the molecule is NCCc1nc(CCOCC(F)F)n[nH]1. The summed E-state index contributed by atoms with van der Waals surface area (Å²) in [7, 11) is 0. The Kier molecular flexibility index (Phi) is 5.13. The van der Waals surface area contributed by atoms with Gasteiger partial charge in [0.15, 0.2) is 5.82 Å². The molecule has 0 fully saturated rings. The zero-order valence-electron chi connectivity index (χ0n) is 8.25. The van der Waals surface area contributed by atoms with Crippen LogP contribution in [0.25, 0.3) is 0 Å².